The van der Waals surface area contributed by atoms with Crippen molar-refractivity contribution in [3.8, 4) is 40.6 Å². The van der Waals surface area contributed by atoms with Crippen molar-refractivity contribution >= 4 is 65.4 Å². The highest BCUT2D eigenvalue weighted by Gasteiger charge is 2.19. The first-order chi connectivity index (χ1) is 30.6. The average Bonchev–Trinajstić information content (AvgIpc) is 3.94. The van der Waals surface area contributed by atoms with Gasteiger partial charge in [0.1, 0.15) is 34.6 Å². The molecule has 12 aromatic rings. The van der Waals surface area contributed by atoms with E-state index >= 15 is 0 Å². The number of ether oxygens (including phenoxy) is 2. The van der Waals surface area contributed by atoms with Crippen molar-refractivity contribution < 1.29 is 9.47 Å². The Hall–Kier alpha value is -8.30. The summed E-state index contributed by atoms with van der Waals surface area (Å²) in [7, 11) is 0. The van der Waals surface area contributed by atoms with Gasteiger partial charge in [-0.25, -0.2) is 19.9 Å². The van der Waals surface area contributed by atoms with Gasteiger partial charge < -0.3 is 9.47 Å². The van der Waals surface area contributed by atoms with Gasteiger partial charge in [0.15, 0.2) is 0 Å². The van der Waals surface area contributed by atoms with Crippen molar-refractivity contribution in [2.75, 3.05) is 0 Å². The molecule has 0 aliphatic heterocycles. The van der Waals surface area contributed by atoms with E-state index in [9.17, 15) is 0 Å². The average molecular weight is 804 g/mol. The van der Waals surface area contributed by atoms with Crippen LogP contribution in [0, 0.1) is 0 Å². The van der Waals surface area contributed by atoms with Crippen LogP contribution in [0.1, 0.15) is 25.3 Å². The summed E-state index contributed by atoms with van der Waals surface area (Å²) in [5.41, 5.74) is 7.10. The fraction of sp³-hybridized carbons (Fsp3) is 0.0566. The fourth-order valence-corrected chi connectivity index (χ4v) is 8.83. The third kappa shape index (κ3) is 5.77. The maximum absolute atomic E-state index is 6.70. The molecule has 0 N–H and O–H groups in total. The Morgan fingerprint density at radius 3 is 1.13 bits per heavy atom. The summed E-state index contributed by atoms with van der Waals surface area (Å²) in [6, 6.07) is 53.7. The lowest BCUT2D eigenvalue weighted by Gasteiger charge is -2.11. The lowest BCUT2D eigenvalue weighted by atomic mass is 10.1. The topological polar surface area (TPSA) is 84.8 Å². The Morgan fingerprint density at radius 2 is 0.742 bits per heavy atom. The molecule has 0 radical (unpaired) electrons. The van der Waals surface area contributed by atoms with Crippen LogP contribution >= 0.6 is 0 Å². The van der Waals surface area contributed by atoms with Crippen LogP contribution in [-0.4, -0.2) is 33.6 Å². The van der Waals surface area contributed by atoms with E-state index < -0.39 is 0 Å². The number of hydrogen-bond acceptors (Lipinski definition) is 6. The number of benzene rings is 6. The number of rotatable bonds is 8. The first-order valence-electron chi connectivity index (χ1n) is 20.7. The third-order valence-electron chi connectivity index (χ3n) is 11.8. The summed E-state index contributed by atoms with van der Waals surface area (Å²) in [4.78, 5) is 19.2. The summed E-state index contributed by atoms with van der Waals surface area (Å²) < 4.78 is 19.9. The minimum Gasteiger partial charge on any atom is -0.457 e. The van der Waals surface area contributed by atoms with Crippen LogP contribution in [-0.2, 0) is 0 Å². The molecule has 9 heteroatoms. The fourth-order valence-electron chi connectivity index (χ4n) is 8.83. The molecule has 0 saturated heterocycles. The highest BCUT2D eigenvalue weighted by Crippen LogP contribution is 2.40. The van der Waals surface area contributed by atoms with Crippen molar-refractivity contribution in [3.63, 3.8) is 0 Å². The highest BCUT2D eigenvalue weighted by molar-refractivity contribution is 6.11. The Bertz CT molecular complexity index is 3450. The first kappa shape index (κ1) is 35.6. The summed E-state index contributed by atoms with van der Waals surface area (Å²) >= 11 is 0. The molecule has 0 atom stereocenters. The predicted molar refractivity (Wildman–Crippen MR) is 248 cm³/mol. The molecule has 6 aromatic heterocycles. The SMILES string of the molecule is CC(C)c1cnc(-n2c3cc(Oc4ccc5c6ccccc6n(-c6ccccn6)c5c4)ccc3c3ccc(Oc4ccc5c6ccccc6n(-c6ccccn6)c5c4)cc32)nc1. The van der Waals surface area contributed by atoms with Gasteiger partial charge in [-0.1, -0.05) is 62.4 Å². The molecule has 0 saturated carbocycles. The predicted octanol–water partition coefficient (Wildman–Crippen LogP) is 13.3. The van der Waals surface area contributed by atoms with Crippen LogP contribution in [0.4, 0.5) is 0 Å². The van der Waals surface area contributed by atoms with E-state index in [1.807, 2.05) is 85.5 Å². The minimum atomic E-state index is 0.296. The molecule has 0 unspecified atom stereocenters. The van der Waals surface area contributed by atoms with Crippen LogP contribution in [0.5, 0.6) is 23.0 Å². The lowest BCUT2D eigenvalue weighted by Crippen LogP contribution is -2.02. The van der Waals surface area contributed by atoms with E-state index in [1.165, 1.54) is 0 Å². The molecule has 6 heterocycles. The van der Waals surface area contributed by atoms with Gasteiger partial charge >= 0.3 is 0 Å². The number of nitrogens with zero attached hydrogens (tertiary/aromatic N) is 7. The first-order valence-corrected chi connectivity index (χ1v) is 20.7. The minimum absolute atomic E-state index is 0.296. The van der Waals surface area contributed by atoms with E-state index in [0.717, 1.165) is 82.6 Å². The second-order valence-corrected chi connectivity index (χ2v) is 15.8. The van der Waals surface area contributed by atoms with Crippen LogP contribution in [0.2, 0.25) is 0 Å². The van der Waals surface area contributed by atoms with Gasteiger partial charge in [0.2, 0.25) is 5.95 Å². The molecular weight excluding hydrogens is 767 g/mol. The van der Waals surface area contributed by atoms with Crippen LogP contribution in [0.25, 0.3) is 83.0 Å². The van der Waals surface area contributed by atoms with Crippen molar-refractivity contribution in [2.45, 2.75) is 19.8 Å². The summed E-state index contributed by atoms with van der Waals surface area (Å²) in [6.45, 7) is 4.29. The maximum atomic E-state index is 6.70. The van der Waals surface area contributed by atoms with Gasteiger partial charge in [0, 0.05) is 81.4 Å². The molecular formula is C53H37N7O2. The van der Waals surface area contributed by atoms with Crippen molar-refractivity contribution in [2.24, 2.45) is 0 Å². The molecule has 62 heavy (non-hydrogen) atoms. The van der Waals surface area contributed by atoms with Crippen molar-refractivity contribution in [3.05, 3.63) is 188 Å². The van der Waals surface area contributed by atoms with Crippen molar-refractivity contribution in [1.29, 1.82) is 0 Å². The lowest BCUT2D eigenvalue weighted by molar-refractivity contribution is 0.484. The summed E-state index contributed by atoms with van der Waals surface area (Å²) in [5, 5.41) is 6.66. The van der Waals surface area contributed by atoms with Gasteiger partial charge in [-0.15, -0.1) is 0 Å². The Labute approximate surface area is 355 Å². The number of aromatic nitrogens is 7. The zero-order valence-corrected chi connectivity index (χ0v) is 33.8. The van der Waals surface area contributed by atoms with Crippen molar-refractivity contribution in [1.82, 2.24) is 33.6 Å². The Balaban J connectivity index is 0.968. The van der Waals surface area contributed by atoms with Crippen LogP contribution in [0.3, 0.4) is 0 Å². The Morgan fingerprint density at radius 1 is 0.371 bits per heavy atom. The summed E-state index contributed by atoms with van der Waals surface area (Å²) in [5.74, 6) is 5.36. The largest absolute Gasteiger partial charge is 0.457 e. The number of para-hydroxylation sites is 2. The molecule has 0 amide bonds. The van der Waals surface area contributed by atoms with E-state index in [2.05, 4.69) is 125 Å². The molecule has 0 aliphatic rings. The monoisotopic (exact) mass is 803 g/mol. The second kappa shape index (κ2) is 14.2. The molecule has 12 rings (SSSR count). The molecule has 9 nitrogen and oxygen atoms in total. The maximum Gasteiger partial charge on any atom is 0.234 e. The Kier molecular flexibility index (Phi) is 8.14. The van der Waals surface area contributed by atoms with E-state index in [-0.39, 0.29) is 0 Å². The van der Waals surface area contributed by atoms with Gasteiger partial charge in [-0.2, -0.15) is 0 Å². The second-order valence-electron chi connectivity index (χ2n) is 15.8. The zero-order valence-electron chi connectivity index (χ0n) is 33.8. The smallest absolute Gasteiger partial charge is 0.234 e. The number of fused-ring (bicyclic) bond motifs is 9. The summed E-state index contributed by atoms with van der Waals surface area (Å²) in [6.07, 6.45) is 7.47. The van der Waals surface area contributed by atoms with E-state index in [0.29, 0.717) is 34.9 Å². The highest BCUT2D eigenvalue weighted by atomic mass is 16.5. The molecule has 0 aliphatic carbocycles. The normalized spacial score (nSPS) is 11.9. The van der Waals surface area contributed by atoms with Gasteiger partial charge in [0.25, 0.3) is 0 Å². The van der Waals surface area contributed by atoms with Crippen LogP contribution in [0.15, 0.2) is 183 Å². The number of hydrogen-bond donors (Lipinski definition) is 0. The van der Waals surface area contributed by atoms with E-state index in [4.69, 9.17) is 29.4 Å². The molecule has 0 fully saturated rings. The quantitative estimate of drug-likeness (QED) is 0.152. The number of pyridine rings is 2. The van der Waals surface area contributed by atoms with Gasteiger partial charge in [-0.05, 0) is 96.4 Å². The van der Waals surface area contributed by atoms with Crippen LogP contribution < -0.4 is 9.47 Å². The molecule has 6 aromatic carbocycles. The van der Waals surface area contributed by atoms with E-state index in [1.54, 1.807) is 0 Å². The van der Waals surface area contributed by atoms with Gasteiger partial charge in [-0.3, -0.25) is 13.7 Å². The standard InChI is InChI=1S/C53H37N7O2/c1-33(2)34-31-56-53(57-32-34)60-49-29-37(61-35-17-21-41-39-11-3-5-13-45(39)58(47(41)27-35)51-15-7-9-25-54-51)19-23-43(49)44-24-20-38(30-50(44)60)62-36-18-22-42-40-12-4-6-14-46(40)59(48(42)28-36)52-16-8-10-26-55-52/h3-33H,1-2H3. The molecule has 0 bridgehead atoms. The molecule has 0 spiro atoms. The zero-order chi connectivity index (χ0) is 41.3. The van der Waals surface area contributed by atoms with Gasteiger partial charge in [0.05, 0.1) is 33.1 Å². The molecule has 296 valence electrons. The third-order valence-corrected chi connectivity index (χ3v) is 11.8.